The molecule has 4 atom stereocenters. The lowest BCUT2D eigenvalue weighted by atomic mass is 10.1. The molecule has 2 aliphatic heterocycles. The largest absolute Gasteiger partial charge is 0.494 e. The second kappa shape index (κ2) is 5.62. The van der Waals surface area contributed by atoms with Crippen LogP contribution in [0.3, 0.4) is 0 Å². The lowest BCUT2D eigenvalue weighted by molar-refractivity contribution is -0.0876. The zero-order valence-corrected chi connectivity index (χ0v) is 12.4. The summed E-state index contributed by atoms with van der Waals surface area (Å²) in [6.07, 6.45) is -2.62. The van der Waals surface area contributed by atoms with Crippen LogP contribution in [-0.2, 0) is 14.2 Å². The van der Waals surface area contributed by atoms with E-state index in [0.717, 1.165) is 0 Å². The van der Waals surface area contributed by atoms with Gasteiger partial charge in [-0.15, -0.1) is 0 Å². The highest BCUT2D eigenvalue weighted by atomic mass is 35.5. The fraction of sp³-hybridized carbons (Fsp3) is 0.462. The number of hydrogen-bond acceptors (Lipinski definition) is 6. The van der Waals surface area contributed by atoms with Crippen LogP contribution in [0.15, 0.2) is 12.1 Å². The van der Waals surface area contributed by atoms with Crippen molar-refractivity contribution in [1.82, 2.24) is 0 Å². The second-order valence-electron chi connectivity index (χ2n) is 4.67. The molecule has 2 saturated heterocycles. The summed E-state index contributed by atoms with van der Waals surface area (Å²) in [5, 5.41) is 10.3. The number of esters is 1. The number of hydrogen-bond donors (Lipinski definition) is 1. The summed E-state index contributed by atoms with van der Waals surface area (Å²) in [5.41, 5.74) is 0.0118. The molecule has 3 rings (SSSR count). The predicted molar refractivity (Wildman–Crippen MR) is 72.8 cm³/mol. The van der Waals surface area contributed by atoms with Gasteiger partial charge in [0.05, 0.1) is 23.8 Å². The number of benzene rings is 1. The number of ether oxygens (including phenoxy) is 4. The highest BCUT2D eigenvalue weighted by Gasteiger charge is 2.54. The normalized spacial score (nSPS) is 30.5. The third kappa shape index (κ3) is 2.69. The first kappa shape index (κ1) is 14.9. The van der Waals surface area contributed by atoms with Gasteiger partial charge in [-0.2, -0.15) is 0 Å². The highest BCUT2D eigenvalue weighted by molar-refractivity contribution is 6.37. The van der Waals surface area contributed by atoms with E-state index in [1.807, 2.05) is 0 Å². The van der Waals surface area contributed by atoms with Crippen molar-refractivity contribution in [3.05, 3.63) is 27.7 Å². The summed E-state index contributed by atoms with van der Waals surface area (Å²) in [6, 6.07) is 2.98. The van der Waals surface area contributed by atoms with Gasteiger partial charge in [0.1, 0.15) is 17.8 Å². The Morgan fingerprint density at radius 3 is 2.81 bits per heavy atom. The van der Waals surface area contributed by atoms with E-state index < -0.39 is 30.6 Å². The van der Waals surface area contributed by atoms with Gasteiger partial charge in [-0.3, -0.25) is 0 Å². The van der Waals surface area contributed by atoms with Crippen LogP contribution in [0.5, 0.6) is 5.75 Å². The van der Waals surface area contributed by atoms with Crippen molar-refractivity contribution in [3.8, 4) is 5.75 Å². The van der Waals surface area contributed by atoms with Crippen molar-refractivity contribution in [2.24, 2.45) is 0 Å². The molecule has 2 fully saturated rings. The van der Waals surface area contributed by atoms with E-state index in [1.54, 1.807) is 0 Å². The second-order valence-corrected chi connectivity index (χ2v) is 5.49. The summed E-state index contributed by atoms with van der Waals surface area (Å²) in [7, 11) is 1.37. The molecule has 6 nitrogen and oxygen atoms in total. The minimum Gasteiger partial charge on any atom is -0.494 e. The van der Waals surface area contributed by atoms with Crippen LogP contribution in [0.2, 0.25) is 10.0 Å². The van der Waals surface area contributed by atoms with Crippen LogP contribution in [-0.4, -0.2) is 49.4 Å². The van der Waals surface area contributed by atoms with Crippen LogP contribution >= 0.6 is 23.2 Å². The Kier molecular flexibility index (Phi) is 3.98. The first-order valence-corrected chi connectivity index (χ1v) is 6.96. The summed E-state index contributed by atoms with van der Waals surface area (Å²) in [5.74, 6) is -0.618. The molecule has 1 N–H and O–H groups in total. The molecule has 0 spiro atoms. The standard InChI is InChI=1S/C13H12Cl2O6/c1-18-10-6(15)3-2-5(14)8(10)12(17)20-7-4-19-13-11(21-13)9(7)16/h2-3,7,9,11,13,16H,4H2,1H3. The van der Waals surface area contributed by atoms with Crippen molar-refractivity contribution in [2.45, 2.75) is 24.6 Å². The lowest BCUT2D eigenvalue weighted by Crippen LogP contribution is -2.43. The number of halogens is 2. The average Bonchev–Trinajstić information content (AvgIpc) is 3.24. The van der Waals surface area contributed by atoms with Gasteiger partial charge in [-0.25, -0.2) is 4.79 Å². The molecule has 0 saturated carbocycles. The van der Waals surface area contributed by atoms with Crippen molar-refractivity contribution < 1.29 is 28.8 Å². The SMILES string of the molecule is COc1c(Cl)ccc(Cl)c1C(=O)OC1COC2OC2C1O. The number of rotatable bonds is 3. The van der Waals surface area contributed by atoms with E-state index in [2.05, 4.69) is 0 Å². The van der Waals surface area contributed by atoms with E-state index in [1.165, 1.54) is 19.2 Å². The number of aliphatic hydroxyl groups excluding tert-OH is 1. The van der Waals surface area contributed by atoms with Gasteiger partial charge in [-0.05, 0) is 12.1 Å². The van der Waals surface area contributed by atoms with Crippen molar-refractivity contribution in [1.29, 1.82) is 0 Å². The maximum absolute atomic E-state index is 12.3. The Labute approximate surface area is 130 Å². The third-order valence-corrected chi connectivity index (χ3v) is 3.96. The third-order valence-electron chi connectivity index (χ3n) is 3.35. The van der Waals surface area contributed by atoms with Crippen molar-refractivity contribution in [3.63, 3.8) is 0 Å². The molecular weight excluding hydrogens is 323 g/mol. The molecule has 114 valence electrons. The predicted octanol–water partition coefficient (Wildman–Crippen LogP) is 1.64. The van der Waals surface area contributed by atoms with Gasteiger partial charge in [0.2, 0.25) is 0 Å². The highest BCUT2D eigenvalue weighted by Crippen LogP contribution is 2.37. The first-order valence-electron chi connectivity index (χ1n) is 6.21. The molecule has 0 amide bonds. The minimum atomic E-state index is -0.934. The molecule has 8 heteroatoms. The summed E-state index contributed by atoms with van der Waals surface area (Å²) >= 11 is 12.0. The molecule has 1 aromatic carbocycles. The Hall–Kier alpha value is -1.05. The number of carbonyl (C=O) groups excluding carboxylic acids is 1. The number of aliphatic hydroxyl groups is 1. The minimum absolute atomic E-state index is 0.0118. The van der Waals surface area contributed by atoms with Gasteiger partial charge in [0.15, 0.2) is 18.1 Å². The van der Waals surface area contributed by atoms with E-state index in [0.29, 0.717) is 0 Å². The number of fused-ring (bicyclic) bond motifs is 1. The van der Waals surface area contributed by atoms with Crippen LogP contribution in [0.4, 0.5) is 0 Å². The fourth-order valence-corrected chi connectivity index (χ4v) is 2.67. The topological polar surface area (TPSA) is 77.5 Å². The molecule has 2 aliphatic rings. The van der Waals surface area contributed by atoms with E-state index in [9.17, 15) is 9.90 Å². The zero-order chi connectivity index (χ0) is 15.1. The molecule has 2 heterocycles. The smallest absolute Gasteiger partial charge is 0.343 e. The van der Waals surface area contributed by atoms with Crippen LogP contribution < -0.4 is 4.74 Å². The van der Waals surface area contributed by atoms with Gasteiger partial charge in [-0.1, -0.05) is 23.2 Å². The Morgan fingerprint density at radius 1 is 1.38 bits per heavy atom. The quantitative estimate of drug-likeness (QED) is 0.668. The Bertz CT molecular complexity index is 578. The van der Waals surface area contributed by atoms with Gasteiger partial charge in [0, 0.05) is 0 Å². The Balaban J connectivity index is 1.80. The Morgan fingerprint density at radius 2 is 2.10 bits per heavy atom. The molecule has 0 bridgehead atoms. The van der Waals surface area contributed by atoms with Crippen LogP contribution in [0.1, 0.15) is 10.4 Å². The molecule has 0 aromatic heterocycles. The first-order chi connectivity index (χ1) is 10.0. The molecule has 0 aliphatic carbocycles. The monoisotopic (exact) mass is 334 g/mol. The number of carbonyl (C=O) groups is 1. The molecule has 0 radical (unpaired) electrons. The number of methoxy groups -OCH3 is 1. The number of epoxide rings is 1. The maximum atomic E-state index is 12.3. The molecule has 4 unspecified atom stereocenters. The lowest BCUT2D eigenvalue weighted by Gasteiger charge is -2.25. The molecule has 1 aromatic rings. The fourth-order valence-electron chi connectivity index (χ4n) is 2.21. The summed E-state index contributed by atoms with van der Waals surface area (Å²) in [6.45, 7) is 0.0502. The van der Waals surface area contributed by atoms with Crippen LogP contribution in [0.25, 0.3) is 0 Å². The van der Waals surface area contributed by atoms with Crippen molar-refractivity contribution in [2.75, 3.05) is 13.7 Å². The summed E-state index contributed by atoms with van der Waals surface area (Å²) in [4.78, 5) is 12.3. The van der Waals surface area contributed by atoms with E-state index in [4.69, 9.17) is 42.1 Å². The van der Waals surface area contributed by atoms with Crippen molar-refractivity contribution >= 4 is 29.2 Å². The summed E-state index contributed by atoms with van der Waals surface area (Å²) < 4.78 is 20.6. The molecular formula is C13H12Cl2O6. The van der Waals surface area contributed by atoms with E-state index >= 15 is 0 Å². The van der Waals surface area contributed by atoms with Gasteiger partial charge < -0.3 is 24.1 Å². The van der Waals surface area contributed by atoms with Crippen LogP contribution in [0, 0.1) is 0 Å². The van der Waals surface area contributed by atoms with E-state index in [-0.39, 0.29) is 28.0 Å². The maximum Gasteiger partial charge on any atom is 0.343 e. The van der Waals surface area contributed by atoms with Gasteiger partial charge >= 0.3 is 5.97 Å². The average molecular weight is 335 g/mol. The zero-order valence-electron chi connectivity index (χ0n) is 10.9. The molecule has 21 heavy (non-hydrogen) atoms. The van der Waals surface area contributed by atoms with Gasteiger partial charge in [0.25, 0.3) is 0 Å².